The molecule has 0 aliphatic rings. The number of hydrogen-bond acceptors (Lipinski definition) is 8. The molecule has 160 valence electrons. The summed E-state index contributed by atoms with van der Waals surface area (Å²) in [5.74, 6) is -0.712. The van der Waals surface area contributed by atoms with E-state index in [2.05, 4.69) is 26.1 Å². The molecular weight excluding hydrogens is 471 g/mol. The van der Waals surface area contributed by atoms with Gasteiger partial charge in [0.1, 0.15) is 12.1 Å². The van der Waals surface area contributed by atoms with E-state index in [1.54, 1.807) is 30.3 Å². The molecule has 1 amide bonds. The van der Waals surface area contributed by atoms with Gasteiger partial charge in [0.05, 0.1) is 9.95 Å². The van der Waals surface area contributed by atoms with E-state index in [1.807, 2.05) is 0 Å². The average Bonchev–Trinajstić information content (AvgIpc) is 2.71. The Morgan fingerprint density at radius 1 is 1.06 bits per heavy atom. The van der Waals surface area contributed by atoms with Gasteiger partial charge in [-0.25, -0.2) is 9.97 Å². The number of ether oxygens (including phenoxy) is 1. The number of amides is 1. The van der Waals surface area contributed by atoms with Crippen molar-refractivity contribution in [3.8, 4) is 5.75 Å². The zero-order chi connectivity index (χ0) is 22.4. The summed E-state index contributed by atoms with van der Waals surface area (Å²) in [4.78, 5) is 30.6. The predicted molar refractivity (Wildman–Crippen MR) is 117 cm³/mol. The number of carbonyl (C=O) groups excluding carboxylic acids is 1. The summed E-state index contributed by atoms with van der Waals surface area (Å²) in [7, 11) is 0. The van der Waals surface area contributed by atoms with Crippen molar-refractivity contribution in [2.24, 2.45) is 0 Å². The second kappa shape index (κ2) is 10.1. The minimum atomic E-state index is -0.689. The molecular formula is C18H13Cl3N6O4. The van der Waals surface area contributed by atoms with Gasteiger partial charge < -0.3 is 10.1 Å². The Kier molecular flexibility index (Phi) is 7.29. The SMILES string of the molecule is O=C(COc1ccc(Cl)cc1Cl)NNc1ncnc(Nc2cccc(Cl)c2)c1[N+](=O)[O-]. The predicted octanol–water partition coefficient (Wildman–Crippen LogP) is 4.61. The van der Waals surface area contributed by atoms with Crippen LogP contribution in [0, 0.1) is 10.1 Å². The number of hydrogen-bond donors (Lipinski definition) is 3. The molecule has 1 aromatic heterocycles. The van der Waals surface area contributed by atoms with E-state index in [4.69, 9.17) is 39.5 Å². The highest BCUT2D eigenvalue weighted by molar-refractivity contribution is 6.35. The Morgan fingerprint density at radius 3 is 2.52 bits per heavy atom. The number of benzene rings is 2. The van der Waals surface area contributed by atoms with Crippen molar-refractivity contribution >= 4 is 63.7 Å². The van der Waals surface area contributed by atoms with Crippen LogP contribution in [-0.4, -0.2) is 27.4 Å². The molecule has 0 spiro atoms. The number of aromatic nitrogens is 2. The van der Waals surface area contributed by atoms with Crippen LogP contribution < -0.4 is 20.9 Å². The van der Waals surface area contributed by atoms with E-state index < -0.39 is 23.1 Å². The van der Waals surface area contributed by atoms with Gasteiger partial charge in [-0.2, -0.15) is 0 Å². The zero-order valence-electron chi connectivity index (χ0n) is 15.4. The highest BCUT2D eigenvalue weighted by Gasteiger charge is 2.23. The normalized spacial score (nSPS) is 10.3. The molecule has 0 aliphatic carbocycles. The molecule has 0 fully saturated rings. The first-order valence-corrected chi connectivity index (χ1v) is 9.61. The molecule has 0 atom stereocenters. The Bertz CT molecular complexity index is 1130. The van der Waals surface area contributed by atoms with Gasteiger partial charge in [-0.3, -0.25) is 25.8 Å². The monoisotopic (exact) mass is 482 g/mol. The first kappa shape index (κ1) is 22.3. The molecule has 3 N–H and O–H groups in total. The third-order valence-corrected chi connectivity index (χ3v) is 4.43. The molecule has 2 aromatic carbocycles. The number of nitrogens with zero attached hydrogens (tertiary/aromatic N) is 3. The van der Waals surface area contributed by atoms with Crippen molar-refractivity contribution in [1.29, 1.82) is 0 Å². The van der Waals surface area contributed by atoms with E-state index in [-0.39, 0.29) is 22.4 Å². The van der Waals surface area contributed by atoms with Crippen LogP contribution in [-0.2, 0) is 4.79 Å². The van der Waals surface area contributed by atoms with Gasteiger partial charge >= 0.3 is 5.69 Å². The summed E-state index contributed by atoms with van der Waals surface area (Å²) in [6.07, 6.45) is 1.10. The van der Waals surface area contributed by atoms with E-state index >= 15 is 0 Å². The summed E-state index contributed by atoms with van der Waals surface area (Å²) >= 11 is 17.7. The molecule has 1 heterocycles. The van der Waals surface area contributed by atoms with E-state index in [9.17, 15) is 14.9 Å². The summed E-state index contributed by atoms with van der Waals surface area (Å²) in [6, 6.07) is 11.1. The number of nitro groups is 1. The highest BCUT2D eigenvalue weighted by atomic mass is 35.5. The molecule has 0 saturated heterocycles. The van der Waals surface area contributed by atoms with Crippen LogP contribution in [0.5, 0.6) is 5.75 Å². The van der Waals surface area contributed by atoms with Crippen LogP contribution >= 0.6 is 34.8 Å². The summed E-state index contributed by atoms with van der Waals surface area (Å²) in [5, 5.41) is 15.5. The quantitative estimate of drug-likeness (QED) is 0.313. The second-order valence-corrected chi connectivity index (χ2v) is 7.13. The summed E-state index contributed by atoms with van der Waals surface area (Å²) in [5.41, 5.74) is 4.67. The Morgan fingerprint density at radius 2 is 1.81 bits per heavy atom. The molecule has 0 aliphatic heterocycles. The van der Waals surface area contributed by atoms with Crippen LogP contribution in [0.15, 0.2) is 48.8 Å². The molecule has 13 heteroatoms. The summed E-state index contributed by atoms with van der Waals surface area (Å²) < 4.78 is 5.30. The number of anilines is 3. The van der Waals surface area contributed by atoms with Gasteiger partial charge in [-0.15, -0.1) is 0 Å². The lowest BCUT2D eigenvalue weighted by molar-refractivity contribution is -0.383. The number of carbonyl (C=O) groups is 1. The van der Waals surface area contributed by atoms with Gasteiger partial charge in [0.15, 0.2) is 6.61 Å². The zero-order valence-corrected chi connectivity index (χ0v) is 17.7. The minimum absolute atomic E-state index is 0.0942. The van der Waals surface area contributed by atoms with Gasteiger partial charge in [-0.1, -0.05) is 40.9 Å². The third-order valence-electron chi connectivity index (χ3n) is 3.67. The standard InChI is InChI=1S/C18H13Cl3N6O4/c19-10-2-1-3-12(6-10)24-17-16(27(29)30)18(23-9-22-17)26-25-15(28)8-31-14-5-4-11(20)7-13(14)21/h1-7,9H,8H2,(H,25,28)(H2,22,23,24,26). The van der Waals surface area contributed by atoms with E-state index in [0.717, 1.165) is 6.33 Å². The lowest BCUT2D eigenvalue weighted by Gasteiger charge is -2.12. The molecule has 3 aromatic rings. The van der Waals surface area contributed by atoms with Crippen molar-refractivity contribution in [2.45, 2.75) is 0 Å². The first-order valence-electron chi connectivity index (χ1n) is 8.48. The average molecular weight is 484 g/mol. The van der Waals surface area contributed by atoms with E-state index in [0.29, 0.717) is 15.7 Å². The minimum Gasteiger partial charge on any atom is -0.482 e. The van der Waals surface area contributed by atoms with Crippen molar-refractivity contribution < 1.29 is 14.5 Å². The number of rotatable bonds is 8. The van der Waals surface area contributed by atoms with Gasteiger partial charge in [0.25, 0.3) is 5.91 Å². The molecule has 0 unspecified atom stereocenters. The first-order chi connectivity index (χ1) is 14.8. The van der Waals surface area contributed by atoms with Crippen molar-refractivity contribution in [2.75, 3.05) is 17.3 Å². The van der Waals surface area contributed by atoms with Crippen molar-refractivity contribution in [1.82, 2.24) is 15.4 Å². The fraction of sp³-hybridized carbons (Fsp3) is 0.0556. The molecule has 0 bridgehead atoms. The number of halogens is 3. The Labute approximate surface area is 190 Å². The van der Waals surface area contributed by atoms with Gasteiger partial charge in [0.2, 0.25) is 11.6 Å². The molecule has 0 saturated carbocycles. The topological polar surface area (TPSA) is 131 Å². The Balaban J connectivity index is 1.68. The van der Waals surface area contributed by atoms with Crippen molar-refractivity contribution in [3.05, 3.63) is 74.0 Å². The van der Waals surface area contributed by atoms with Gasteiger partial charge in [0, 0.05) is 15.7 Å². The molecule has 0 radical (unpaired) electrons. The largest absolute Gasteiger partial charge is 0.482 e. The lowest BCUT2D eigenvalue weighted by Crippen LogP contribution is -2.34. The maximum atomic E-state index is 12.1. The highest BCUT2D eigenvalue weighted by Crippen LogP contribution is 2.31. The summed E-state index contributed by atoms with van der Waals surface area (Å²) in [6.45, 7) is -0.416. The smallest absolute Gasteiger partial charge is 0.355 e. The van der Waals surface area contributed by atoms with Crippen LogP contribution in [0.25, 0.3) is 0 Å². The van der Waals surface area contributed by atoms with Crippen LogP contribution in [0.2, 0.25) is 15.1 Å². The lowest BCUT2D eigenvalue weighted by atomic mass is 10.3. The maximum Gasteiger partial charge on any atom is 0.355 e. The molecule has 10 nitrogen and oxygen atoms in total. The maximum absolute atomic E-state index is 12.1. The van der Waals surface area contributed by atoms with Crippen LogP contribution in [0.3, 0.4) is 0 Å². The van der Waals surface area contributed by atoms with Crippen LogP contribution in [0.4, 0.5) is 23.0 Å². The second-order valence-electron chi connectivity index (χ2n) is 5.85. The van der Waals surface area contributed by atoms with Crippen molar-refractivity contribution in [3.63, 3.8) is 0 Å². The molecule has 31 heavy (non-hydrogen) atoms. The fourth-order valence-electron chi connectivity index (χ4n) is 2.34. The fourth-order valence-corrected chi connectivity index (χ4v) is 2.99. The number of hydrazine groups is 1. The van der Waals surface area contributed by atoms with E-state index in [1.165, 1.54) is 12.1 Å². The third kappa shape index (κ3) is 6.07. The van der Waals surface area contributed by atoms with Gasteiger partial charge in [-0.05, 0) is 36.4 Å². The molecule has 3 rings (SSSR count). The number of nitrogens with one attached hydrogen (secondary N) is 3. The Hall–Kier alpha value is -3.34. The van der Waals surface area contributed by atoms with Crippen LogP contribution in [0.1, 0.15) is 0 Å².